The molecule has 0 saturated carbocycles. The first-order valence-corrected chi connectivity index (χ1v) is 21.4. The topological polar surface area (TPSA) is 3.24 Å². The Kier molecular flexibility index (Phi) is 9.75. The van der Waals surface area contributed by atoms with E-state index in [-0.39, 0.29) is 16.2 Å². The van der Waals surface area contributed by atoms with Gasteiger partial charge in [0.25, 0.3) is 0 Å². The molecule has 0 amide bonds. The molecular formula is C59H55N. The van der Waals surface area contributed by atoms with E-state index in [1.165, 1.54) is 77.9 Å². The number of nitrogens with zero attached hydrogens (tertiary/aromatic N) is 1. The van der Waals surface area contributed by atoms with Gasteiger partial charge in [-0.15, -0.1) is 0 Å². The van der Waals surface area contributed by atoms with Crippen LogP contribution in [0.5, 0.6) is 0 Å². The minimum absolute atomic E-state index is 0.0250. The summed E-state index contributed by atoms with van der Waals surface area (Å²) < 4.78 is 0. The van der Waals surface area contributed by atoms with E-state index >= 15 is 0 Å². The minimum Gasteiger partial charge on any atom is -0.311 e. The molecule has 0 radical (unpaired) electrons. The zero-order valence-corrected chi connectivity index (χ0v) is 36.3. The molecule has 0 atom stereocenters. The summed E-state index contributed by atoms with van der Waals surface area (Å²) in [6, 6.07) is 69.5. The van der Waals surface area contributed by atoms with E-state index in [9.17, 15) is 0 Å². The number of para-hydroxylation sites is 1. The fourth-order valence-corrected chi connectivity index (χ4v) is 9.13. The fraction of sp³-hybridized carbons (Fsp3) is 0.186. The van der Waals surface area contributed by atoms with Crippen LogP contribution in [-0.4, -0.2) is 0 Å². The van der Waals surface area contributed by atoms with Crippen molar-refractivity contribution >= 4 is 17.1 Å². The van der Waals surface area contributed by atoms with Crippen molar-refractivity contribution in [2.45, 2.75) is 71.6 Å². The third kappa shape index (κ3) is 7.17. The van der Waals surface area contributed by atoms with Gasteiger partial charge < -0.3 is 4.90 Å². The summed E-state index contributed by atoms with van der Waals surface area (Å²) in [5.74, 6) is 0. The molecule has 1 aliphatic rings. The van der Waals surface area contributed by atoms with Gasteiger partial charge in [-0.25, -0.2) is 0 Å². The predicted octanol–water partition coefficient (Wildman–Crippen LogP) is 16.7. The van der Waals surface area contributed by atoms with Crippen molar-refractivity contribution in [2.24, 2.45) is 0 Å². The lowest BCUT2D eigenvalue weighted by molar-refractivity contribution is 0.569. The molecule has 1 nitrogen and oxygen atoms in total. The highest BCUT2D eigenvalue weighted by Crippen LogP contribution is 2.56. The Labute approximate surface area is 358 Å². The Morgan fingerprint density at radius 2 is 0.767 bits per heavy atom. The Hall–Kier alpha value is -6.44. The van der Waals surface area contributed by atoms with Crippen LogP contribution in [0, 0.1) is 0 Å². The Morgan fingerprint density at radius 3 is 1.30 bits per heavy atom. The molecule has 296 valence electrons. The molecule has 1 aliphatic carbocycles. The molecule has 9 rings (SSSR count). The molecular weight excluding hydrogens is 723 g/mol. The molecule has 0 aliphatic heterocycles. The molecule has 0 N–H and O–H groups in total. The second-order valence-electron chi connectivity index (χ2n) is 19.1. The molecule has 0 bridgehead atoms. The number of benzene rings is 8. The van der Waals surface area contributed by atoms with Gasteiger partial charge in [-0.1, -0.05) is 201 Å². The zero-order chi connectivity index (χ0) is 41.8. The van der Waals surface area contributed by atoms with Crippen molar-refractivity contribution < 1.29 is 0 Å². The van der Waals surface area contributed by atoms with Crippen LogP contribution in [0.25, 0.3) is 55.6 Å². The van der Waals surface area contributed by atoms with Crippen molar-refractivity contribution in [2.75, 3.05) is 4.90 Å². The molecule has 0 aromatic heterocycles. The predicted molar refractivity (Wildman–Crippen MR) is 258 cm³/mol. The van der Waals surface area contributed by atoms with Gasteiger partial charge in [-0.05, 0) is 131 Å². The summed E-state index contributed by atoms with van der Waals surface area (Å²) in [5.41, 5.74) is 21.4. The number of hydrogen-bond donors (Lipinski definition) is 0. The maximum Gasteiger partial charge on any atom is 0.0462 e. The number of anilines is 3. The van der Waals surface area contributed by atoms with Gasteiger partial charge in [-0.3, -0.25) is 0 Å². The maximum atomic E-state index is 2.46. The number of hydrogen-bond acceptors (Lipinski definition) is 1. The SMILES string of the molecule is CC(C)(C)c1cc(-c2ccc(-c3ccccc3)c3c2C(C)(C)c2cc(-c4ccc(N(c5ccccc5)c5ccc(-c6ccccc6)cc5)cc4)ccc2-3)cc(C(C)(C)C)c1. The van der Waals surface area contributed by atoms with E-state index in [0.717, 1.165) is 17.1 Å². The van der Waals surface area contributed by atoms with E-state index in [2.05, 4.69) is 248 Å². The Morgan fingerprint density at radius 1 is 0.350 bits per heavy atom. The first-order chi connectivity index (χ1) is 28.8. The minimum atomic E-state index is -0.240. The molecule has 1 heteroatoms. The van der Waals surface area contributed by atoms with Gasteiger partial charge >= 0.3 is 0 Å². The molecule has 0 saturated heterocycles. The first kappa shape index (κ1) is 39.0. The number of rotatable bonds is 7. The lowest BCUT2D eigenvalue weighted by Crippen LogP contribution is -2.18. The van der Waals surface area contributed by atoms with Crippen LogP contribution in [0.4, 0.5) is 17.1 Å². The smallest absolute Gasteiger partial charge is 0.0462 e. The van der Waals surface area contributed by atoms with Gasteiger partial charge in [-0.2, -0.15) is 0 Å². The molecule has 0 spiro atoms. The van der Waals surface area contributed by atoms with Gasteiger partial charge in [0.05, 0.1) is 0 Å². The lowest BCUT2D eigenvalue weighted by atomic mass is 9.75. The Balaban J connectivity index is 1.14. The lowest BCUT2D eigenvalue weighted by Gasteiger charge is -2.29. The van der Waals surface area contributed by atoms with Crippen LogP contribution < -0.4 is 4.90 Å². The van der Waals surface area contributed by atoms with Gasteiger partial charge in [0.15, 0.2) is 0 Å². The second kappa shape index (κ2) is 15.0. The highest BCUT2D eigenvalue weighted by Gasteiger charge is 2.40. The second-order valence-corrected chi connectivity index (χ2v) is 19.1. The van der Waals surface area contributed by atoms with Crippen molar-refractivity contribution in [3.8, 4) is 55.6 Å². The average molecular weight is 778 g/mol. The van der Waals surface area contributed by atoms with Crippen molar-refractivity contribution in [3.05, 3.63) is 210 Å². The highest BCUT2D eigenvalue weighted by atomic mass is 15.1. The third-order valence-electron chi connectivity index (χ3n) is 12.6. The summed E-state index contributed by atoms with van der Waals surface area (Å²) in [6.45, 7) is 18.9. The molecule has 8 aromatic rings. The van der Waals surface area contributed by atoms with Gasteiger partial charge in [0, 0.05) is 22.5 Å². The van der Waals surface area contributed by atoms with Crippen LogP contribution >= 0.6 is 0 Å². The summed E-state index contributed by atoms with van der Waals surface area (Å²) in [7, 11) is 0. The van der Waals surface area contributed by atoms with Gasteiger partial charge in [0.1, 0.15) is 0 Å². The van der Waals surface area contributed by atoms with Gasteiger partial charge in [0.2, 0.25) is 0 Å². The fourth-order valence-electron chi connectivity index (χ4n) is 9.13. The molecule has 60 heavy (non-hydrogen) atoms. The third-order valence-corrected chi connectivity index (χ3v) is 12.6. The van der Waals surface area contributed by atoms with Crippen LogP contribution in [0.2, 0.25) is 0 Å². The Bertz CT molecular complexity index is 2770. The zero-order valence-electron chi connectivity index (χ0n) is 36.3. The van der Waals surface area contributed by atoms with E-state index in [1.807, 2.05) is 0 Å². The monoisotopic (exact) mass is 777 g/mol. The quantitative estimate of drug-likeness (QED) is 0.156. The van der Waals surface area contributed by atoms with E-state index in [4.69, 9.17) is 0 Å². The standard InChI is InChI=1S/C59H55N/c1-57(2,3)46-36-45(37-47(39-46)58(4,5)6)52-35-34-51(43-20-14-10-15-21-43)55-53-33-28-44(38-54(53)59(7,8)56(52)55)42-26-31-50(32-27-42)60(48-22-16-11-17-23-48)49-29-24-41(25-30-49)40-18-12-9-13-19-40/h9-39H,1-8H3. The molecule has 0 unspecified atom stereocenters. The van der Waals surface area contributed by atoms with Crippen LogP contribution in [0.3, 0.4) is 0 Å². The van der Waals surface area contributed by atoms with Crippen molar-refractivity contribution in [1.82, 2.24) is 0 Å². The van der Waals surface area contributed by atoms with Crippen molar-refractivity contribution in [1.29, 1.82) is 0 Å². The van der Waals surface area contributed by atoms with E-state index < -0.39 is 0 Å². The first-order valence-electron chi connectivity index (χ1n) is 21.4. The van der Waals surface area contributed by atoms with E-state index in [1.54, 1.807) is 0 Å². The molecule has 8 aromatic carbocycles. The van der Waals surface area contributed by atoms with Crippen molar-refractivity contribution in [3.63, 3.8) is 0 Å². The van der Waals surface area contributed by atoms with E-state index in [0.29, 0.717) is 0 Å². The summed E-state index contributed by atoms with van der Waals surface area (Å²) in [4.78, 5) is 2.34. The highest BCUT2D eigenvalue weighted by molar-refractivity contribution is 5.98. The van der Waals surface area contributed by atoms with Crippen LogP contribution in [0.1, 0.15) is 77.6 Å². The summed E-state index contributed by atoms with van der Waals surface area (Å²) in [5, 5.41) is 0. The summed E-state index contributed by atoms with van der Waals surface area (Å²) in [6.07, 6.45) is 0. The summed E-state index contributed by atoms with van der Waals surface area (Å²) >= 11 is 0. The van der Waals surface area contributed by atoms with Crippen LogP contribution in [-0.2, 0) is 16.2 Å². The average Bonchev–Trinajstić information content (AvgIpc) is 3.50. The molecule has 0 fully saturated rings. The van der Waals surface area contributed by atoms with Crippen LogP contribution in [0.15, 0.2) is 188 Å². The normalized spacial score (nSPS) is 13.1. The maximum absolute atomic E-state index is 2.46. The largest absolute Gasteiger partial charge is 0.311 e. The molecule has 0 heterocycles. The number of fused-ring (bicyclic) bond motifs is 3.